The Morgan fingerprint density at radius 2 is 1.62 bits per heavy atom. The predicted octanol–water partition coefficient (Wildman–Crippen LogP) is 2.72. The van der Waals surface area contributed by atoms with E-state index in [1.807, 2.05) is 12.1 Å². The lowest BCUT2D eigenvalue weighted by atomic mass is 10.0. The number of carbonyl (C=O) groups excluding carboxylic acids is 3. The number of carbonyl (C=O) groups is 3. The molecule has 0 bridgehead atoms. The molecular formula is C26H28N2O6. The van der Waals surface area contributed by atoms with Crippen molar-refractivity contribution in [3.8, 4) is 11.5 Å². The topological polar surface area (TPSA) is 85.4 Å². The zero-order valence-electron chi connectivity index (χ0n) is 19.5. The minimum atomic E-state index is -0.354. The molecule has 3 amide bonds. The summed E-state index contributed by atoms with van der Waals surface area (Å²) in [6.45, 7) is 2.02. The number of benzene rings is 2. The summed E-state index contributed by atoms with van der Waals surface area (Å²) in [7, 11) is 3.22. The Morgan fingerprint density at radius 1 is 0.971 bits per heavy atom. The van der Waals surface area contributed by atoms with E-state index in [0.29, 0.717) is 60.7 Å². The van der Waals surface area contributed by atoms with Crippen LogP contribution in [0.5, 0.6) is 11.5 Å². The van der Waals surface area contributed by atoms with E-state index in [2.05, 4.69) is 0 Å². The molecule has 0 aromatic heterocycles. The Balaban J connectivity index is 1.33. The van der Waals surface area contributed by atoms with Crippen LogP contribution in [0.15, 0.2) is 30.3 Å². The van der Waals surface area contributed by atoms with Gasteiger partial charge in [-0.15, -0.1) is 0 Å². The second-order valence-electron chi connectivity index (χ2n) is 8.88. The van der Waals surface area contributed by atoms with E-state index in [1.54, 1.807) is 37.3 Å². The van der Waals surface area contributed by atoms with Gasteiger partial charge in [-0.3, -0.25) is 19.3 Å². The van der Waals surface area contributed by atoms with Gasteiger partial charge in [0.15, 0.2) is 11.5 Å². The molecule has 0 aliphatic carbocycles. The zero-order chi connectivity index (χ0) is 23.8. The Morgan fingerprint density at radius 3 is 2.21 bits per heavy atom. The molecule has 1 fully saturated rings. The van der Waals surface area contributed by atoms with Gasteiger partial charge in [0.2, 0.25) is 0 Å². The van der Waals surface area contributed by atoms with Crippen molar-refractivity contribution in [2.24, 2.45) is 0 Å². The van der Waals surface area contributed by atoms with Crippen LogP contribution in [0.2, 0.25) is 0 Å². The molecule has 3 aliphatic heterocycles. The van der Waals surface area contributed by atoms with Gasteiger partial charge in [-0.05, 0) is 67.1 Å². The Kier molecular flexibility index (Phi) is 6.00. The van der Waals surface area contributed by atoms with E-state index in [1.165, 1.54) is 4.90 Å². The van der Waals surface area contributed by atoms with Crippen molar-refractivity contribution in [2.45, 2.75) is 31.8 Å². The number of hydrogen-bond acceptors (Lipinski definition) is 6. The lowest BCUT2D eigenvalue weighted by molar-refractivity contribution is 0.0475. The van der Waals surface area contributed by atoms with Gasteiger partial charge in [0.25, 0.3) is 17.7 Å². The maximum absolute atomic E-state index is 13.3. The molecule has 3 heterocycles. The van der Waals surface area contributed by atoms with Gasteiger partial charge in [-0.2, -0.15) is 0 Å². The van der Waals surface area contributed by atoms with E-state index < -0.39 is 0 Å². The molecule has 0 saturated carbocycles. The van der Waals surface area contributed by atoms with Gasteiger partial charge >= 0.3 is 0 Å². The van der Waals surface area contributed by atoms with Crippen LogP contribution in [0.25, 0.3) is 0 Å². The molecule has 1 atom stereocenters. The Hall–Kier alpha value is -3.39. The average molecular weight is 465 g/mol. The molecule has 0 spiro atoms. The Labute approximate surface area is 198 Å². The maximum atomic E-state index is 13.3. The highest BCUT2D eigenvalue weighted by molar-refractivity contribution is 6.22. The average Bonchev–Trinajstić information content (AvgIpc) is 3.39. The van der Waals surface area contributed by atoms with Crippen LogP contribution < -0.4 is 9.47 Å². The standard InChI is InChI=1S/C26H28N2O6/c1-32-22-13-16-7-9-27(10-8-17(16)14-23(22)33-2)24(29)18-5-6-20-21(12-18)26(31)28(25(20)30)15-19-4-3-11-34-19/h5-6,12-14,19H,3-4,7-11,15H2,1-2H3. The van der Waals surface area contributed by atoms with Crippen LogP contribution in [0.3, 0.4) is 0 Å². The van der Waals surface area contributed by atoms with Crippen molar-refractivity contribution in [3.05, 3.63) is 58.1 Å². The number of amides is 3. The minimum absolute atomic E-state index is 0.112. The van der Waals surface area contributed by atoms with Gasteiger partial charge in [0.05, 0.1) is 38.0 Å². The monoisotopic (exact) mass is 464 g/mol. The number of ether oxygens (including phenoxy) is 3. The van der Waals surface area contributed by atoms with Crippen LogP contribution in [0, 0.1) is 0 Å². The molecule has 8 nitrogen and oxygen atoms in total. The summed E-state index contributed by atoms with van der Waals surface area (Å²) in [4.78, 5) is 42.1. The first kappa shape index (κ1) is 22.4. The molecule has 1 unspecified atom stereocenters. The van der Waals surface area contributed by atoms with Crippen molar-refractivity contribution < 1.29 is 28.6 Å². The first-order valence-electron chi connectivity index (χ1n) is 11.6. The highest BCUT2D eigenvalue weighted by Crippen LogP contribution is 2.33. The molecular weight excluding hydrogens is 436 g/mol. The summed E-state index contributed by atoms with van der Waals surface area (Å²) in [6.07, 6.45) is 3.05. The van der Waals surface area contributed by atoms with Crippen molar-refractivity contribution in [3.63, 3.8) is 0 Å². The molecule has 2 aromatic rings. The molecule has 0 radical (unpaired) electrons. The largest absolute Gasteiger partial charge is 0.493 e. The van der Waals surface area contributed by atoms with Crippen LogP contribution >= 0.6 is 0 Å². The van der Waals surface area contributed by atoms with Crippen molar-refractivity contribution in [1.29, 1.82) is 0 Å². The molecule has 0 N–H and O–H groups in total. The van der Waals surface area contributed by atoms with Crippen LogP contribution in [0.4, 0.5) is 0 Å². The normalized spacial score (nSPS) is 19.6. The summed E-state index contributed by atoms with van der Waals surface area (Å²) >= 11 is 0. The van der Waals surface area contributed by atoms with Gasteiger partial charge in [0.1, 0.15) is 0 Å². The SMILES string of the molecule is COc1cc2c(cc1OC)CCN(C(=O)c1ccc3c(c1)C(=O)N(CC1CCCO1)C3=O)CC2. The molecule has 34 heavy (non-hydrogen) atoms. The molecule has 178 valence electrons. The fourth-order valence-corrected chi connectivity index (χ4v) is 5.02. The van der Waals surface area contributed by atoms with E-state index in [-0.39, 0.29) is 30.4 Å². The summed E-state index contributed by atoms with van der Waals surface area (Å²) in [6, 6.07) is 8.76. The Bertz CT molecular complexity index is 1120. The quantitative estimate of drug-likeness (QED) is 0.633. The minimum Gasteiger partial charge on any atom is -0.493 e. The van der Waals surface area contributed by atoms with Gasteiger partial charge < -0.3 is 19.1 Å². The molecule has 2 aromatic carbocycles. The van der Waals surface area contributed by atoms with Gasteiger partial charge in [0, 0.05) is 25.3 Å². The van der Waals surface area contributed by atoms with Crippen LogP contribution in [0.1, 0.15) is 55.0 Å². The molecule has 8 heteroatoms. The number of nitrogens with zero attached hydrogens (tertiary/aromatic N) is 2. The van der Waals surface area contributed by atoms with Crippen LogP contribution in [-0.4, -0.2) is 74.1 Å². The number of methoxy groups -OCH3 is 2. The summed E-state index contributed by atoms with van der Waals surface area (Å²) in [5, 5.41) is 0. The third-order valence-electron chi connectivity index (χ3n) is 6.92. The number of imide groups is 1. The summed E-state index contributed by atoms with van der Waals surface area (Å²) < 4.78 is 16.4. The fourth-order valence-electron chi connectivity index (χ4n) is 5.02. The molecule has 3 aliphatic rings. The fraction of sp³-hybridized carbons (Fsp3) is 0.423. The number of fused-ring (bicyclic) bond motifs is 2. The first-order valence-corrected chi connectivity index (χ1v) is 11.6. The highest BCUT2D eigenvalue weighted by atomic mass is 16.5. The third-order valence-corrected chi connectivity index (χ3v) is 6.92. The second-order valence-corrected chi connectivity index (χ2v) is 8.88. The lowest BCUT2D eigenvalue weighted by Gasteiger charge is -2.20. The molecule has 5 rings (SSSR count). The molecule has 1 saturated heterocycles. The van der Waals surface area contributed by atoms with Crippen molar-refractivity contribution in [2.75, 3.05) is 40.5 Å². The van der Waals surface area contributed by atoms with Gasteiger partial charge in [-0.25, -0.2) is 0 Å². The predicted molar refractivity (Wildman–Crippen MR) is 124 cm³/mol. The number of hydrogen-bond donors (Lipinski definition) is 0. The second kappa shape index (κ2) is 9.10. The maximum Gasteiger partial charge on any atom is 0.261 e. The zero-order valence-corrected chi connectivity index (χ0v) is 19.5. The summed E-state index contributed by atoms with van der Waals surface area (Å²) in [5.41, 5.74) is 3.32. The summed E-state index contributed by atoms with van der Waals surface area (Å²) in [5.74, 6) is 0.536. The first-order chi connectivity index (χ1) is 16.5. The number of rotatable bonds is 5. The van der Waals surface area contributed by atoms with E-state index in [9.17, 15) is 14.4 Å². The van der Waals surface area contributed by atoms with E-state index in [0.717, 1.165) is 24.0 Å². The lowest BCUT2D eigenvalue weighted by Crippen LogP contribution is -2.36. The smallest absolute Gasteiger partial charge is 0.261 e. The highest BCUT2D eigenvalue weighted by Gasteiger charge is 2.38. The van der Waals surface area contributed by atoms with E-state index in [4.69, 9.17) is 14.2 Å². The van der Waals surface area contributed by atoms with Crippen LogP contribution in [-0.2, 0) is 17.6 Å². The van der Waals surface area contributed by atoms with Crippen molar-refractivity contribution >= 4 is 17.7 Å². The van der Waals surface area contributed by atoms with Gasteiger partial charge in [-0.1, -0.05) is 0 Å². The van der Waals surface area contributed by atoms with Crippen molar-refractivity contribution in [1.82, 2.24) is 9.80 Å². The van der Waals surface area contributed by atoms with E-state index >= 15 is 0 Å². The third kappa shape index (κ3) is 3.92.